The summed E-state index contributed by atoms with van der Waals surface area (Å²) in [5.41, 5.74) is -0.653. The maximum atomic E-state index is 12.1. The Hall–Kier alpha value is -1.08. The number of hydrogen-bond donors (Lipinski definition) is 1. The molecule has 0 spiro atoms. The molecule has 1 amide bonds. The van der Waals surface area contributed by atoms with Crippen molar-refractivity contribution in [1.29, 1.82) is 5.26 Å². The average Bonchev–Trinajstić information content (AvgIpc) is 3.16. The Kier molecular flexibility index (Phi) is 4.81. The minimum Gasteiger partial charge on any atom is -0.337 e. The van der Waals surface area contributed by atoms with E-state index < -0.39 is 5.54 Å². The molecule has 0 aromatic rings. The van der Waals surface area contributed by atoms with Crippen LogP contribution in [0.3, 0.4) is 0 Å². The summed E-state index contributed by atoms with van der Waals surface area (Å²) >= 11 is 0. The Morgan fingerprint density at radius 3 is 2.37 bits per heavy atom. The fourth-order valence-corrected chi connectivity index (χ4v) is 2.89. The second-order valence-electron chi connectivity index (χ2n) is 6.18. The van der Waals surface area contributed by atoms with Gasteiger partial charge in [0.05, 0.1) is 12.6 Å². The van der Waals surface area contributed by atoms with Gasteiger partial charge in [0.15, 0.2) is 0 Å². The van der Waals surface area contributed by atoms with Gasteiger partial charge in [-0.15, -0.1) is 0 Å². The number of nitrogens with zero attached hydrogens (tertiary/aromatic N) is 2. The molecule has 2 fully saturated rings. The van der Waals surface area contributed by atoms with E-state index in [0.717, 1.165) is 25.9 Å². The fourth-order valence-electron chi connectivity index (χ4n) is 2.89. The lowest BCUT2D eigenvalue weighted by Gasteiger charge is -2.27. The van der Waals surface area contributed by atoms with E-state index in [2.05, 4.69) is 16.3 Å². The standard InChI is InChI=1S/C15H25N3O/c1-15(12-16,13-7-8-13)17-14(19)11-18-9-5-3-2-4-6-10-18/h13H,2-11H2,1H3,(H,17,19)/t15-/m1/s1. The number of likely N-dealkylation sites (tertiary alicyclic amines) is 1. The van der Waals surface area contributed by atoms with E-state index in [0.29, 0.717) is 12.5 Å². The van der Waals surface area contributed by atoms with Crippen LogP contribution in [0.1, 0.15) is 51.9 Å². The van der Waals surface area contributed by atoms with Gasteiger partial charge in [-0.25, -0.2) is 0 Å². The summed E-state index contributed by atoms with van der Waals surface area (Å²) in [6, 6.07) is 2.28. The van der Waals surface area contributed by atoms with E-state index in [1.165, 1.54) is 32.1 Å². The van der Waals surface area contributed by atoms with Crippen molar-refractivity contribution in [3.8, 4) is 6.07 Å². The van der Waals surface area contributed by atoms with Crippen LogP contribution in [-0.4, -0.2) is 36.0 Å². The first-order valence-electron chi connectivity index (χ1n) is 7.59. The van der Waals surface area contributed by atoms with Crippen LogP contribution in [0.4, 0.5) is 0 Å². The Morgan fingerprint density at radius 1 is 1.26 bits per heavy atom. The summed E-state index contributed by atoms with van der Waals surface area (Å²) in [4.78, 5) is 14.3. The van der Waals surface area contributed by atoms with Gasteiger partial charge in [-0.1, -0.05) is 19.3 Å². The molecule has 0 unspecified atom stereocenters. The van der Waals surface area contributed by atoms with Gasteiger partial charge in [-0.3, -0.25) is 9.69 Å². The molecule has 4 nitrogen and oxygen atoms in total. The fraction of sp³-hybridized carbons (Fsp3) is 0.867. The molecule has 106 valence electrons. The number of hydrogen-bond acceptors (Lipinski definition) is 3. The van der Waals surface area contributed by atoms with Gasteiger partial charge in [-0.05, 0) is 51.6 Å². The third-order valence-electron chi connectivity index (χ3n) is 4.34. The summed E-state index contributed by atoms with van der Waals surface area (Å²) < 4.78 is 0. The van der Waals surface area contributed by atoms with Crippen molar-refractivity contribution in [2.75, 3.05) is 19.6 Å². The van der Waals surface area contributed by atoms with E-state index in [4.69, 9.17) is 0 Å². The molecular weight excluding hydrogens is 238 g/mol. The van der Waals surface area contributed by atoms with Gasteiger partial charge in [0.2, 0.25) is 5.91 Å². The number of nitrogens with one attached hydrogen (secondary N) is 1. The molecular formula is C15H25N3O. The maximum Gasteiger partial charge on any atom is 0.235 e. The molecule has 2 rings (SSSR count). The average molecular weight is 263 g/mol. The van der Waals surface area contributed by atoms with Crippen LogP contribution in [0.2, 0.25) is 0 Å². The quantitative estimate of drug-likeness (QED) is 0.844. The molecule has 0 radical (unpaired) electrons. The van der Waals surface area contributed by atoms with Gasteiger partial charge in [0.25, 0.3) is 0 Å². The second kappa shape index (κ2) is 6.38. The molecule has 1 saturated heterocycles. The first-order chi connectivity index (χ1) is 9.14. The second-order valence-corrected chi connectivity index (χ2v) is 6.18. The number of amides is 1. The first-order valence-corrected chi connectivity index (χ1v) is 7.59. The van der Waals surface area contributed by atoms with Crippen molar-refractivity contribution in [3.63, 3.8) is 0 Å². The van der Waals surface area contributed by atoms with Crippen LogP contribution < -0.4 is 5.32 Å². The molecule has 0 aromatic carbocycles. The van der Waals surface area contributed by atoms with E-state index in [1.807, 2.05) is 6.92 Å². The predicted molar refractivity (Wildman–Crippen MR) is 74.4 cm³/mol. The van der Waals surface area contributed by atoms with E-state index in [9.17, 15) is 10.1 Å². The van der Waals surface area contributed by atoms with Crippen molar-refractivity contribution in [3.05, 3.63) is 0 Å². The SMILES string of the molecule is C[C@](C#N)(NC(=O)CN1CCCCCCC1)C1CC1. The number of carbonyl (C=O) groups excluding carboxylic acids is 1. The molecule has 1 N–H and O–H groups in total. The molecule has 0 bridgehead atoms. The zero-order valence-electron chi connectivity index (χ0n) is 12.0. The molecule has 4 heteroatoms. The molecule has 19 heavy (non-hydrogen) atoms. The third kappa shape index (κ3) is 4.21. The van der Waals surface area contributed by atoms with Crippen LogP contribution in [0.25, 0.3) is 0 Å². The molecule has 1 atom stereocenters. The Balaban J connectivity index is 1.81. The monoisotopic (exact) mass is 263 g/mol. The summed E-state index contributed by atoms with van der Waals surface area (Å²) in [5, 5.41) is 12.2. The molecule has 1 aliphatic heterocycles. The smallest absolute Gasteiger partial charge is 0.235 e. The highest BCUT2D eigenvalue weighted by atomic mass is 16.2. The highest BCUT2D eigenvalue weighted by Gasteiger charge is 2.43. The Bertz CT molecular complexity index is 351. The van der Waals surface area contributed by atoms with Gasteiger partial charge in [-0.2, -0.15) is 5.26 Å². The van der Waals surface area contributed by atoms with Crippen molar-refractivity contribution < 1.29 is 4.79 Å². The molecule has 2 aliphatic rings. The molecule has 1 heterocycles. The number of rotatable bonds is 4. The van der Waals surface area contributed by atoms with Gasteiger partial charge < -0.3 is 5.32 Å². The van der Waals surface area contributed by atoms with E-state index in [1.54, 1.807) is 0 Å². The lowest BCUT2D eigenvalue weighted by molar-refractivity contribution is -0.123. The zero-order chi connectivity index (χ0) is 13.7. The topological polar surface area (TPSA) is 56.1 Å². The van der Waals surface area contributed by atoms with Gasteiger partial charge in [0.1, 0.15) is 5.54 Å². The highest BCUT2D eigenvalue weighted by Crippen LogP contribution is 2.39. The molecule has 1 aliphatic carbocycles. The summed E-state index contributed by atoms with van der Waals surface area (Å²) in [6.07, 6.45) is 8.37. The van der Waals surface area contributed by atoms with Crippen molar-refractivity contribution >= 4 is 5.91 Å². The van der Waals surface area contributed by atoms with Gasteiger partial charge >= 0.3 is 0 Å². The largest absolute Gasteiger partial charge is 0.337 e. The maximum absolute atomic E-state index is 12.1. The highest BCUT2D eigenvalue weighted by molar-refractivity contribution is 5.79. The van der Waals surface area contributed by atoms with Crippen LogP contribution in [0.5, 0.6) is 0 Å². The Morgan fingerprint density at radius 2 is 1.84 bits per heavy atom. The Labute approximate surface area is 116 Å². The third-order valence-corrected chi connectivity index (χ3v) is 4.34. The number of nitriles is 1. The van der Waals surface area contributed by atoms with Gasteiger partial charge in [0, 0.05) is 0 Å². The summed E-state index contributed by atoms with van der Waals surface area (Å²) in [6.45, 7) is 4.33. The van der Waals surface area contributed by atoms with Crippen molar-refractivity contribution in [1.82, 2.24) is 10.2 Å². The first kappa shape index (κ1) is 14.3. The van der Waals surface area contributed by atoms with Crippen molar-refractivity contribution in [2.45, 2.75) is 57.4 Å². The lowest BCUT2D eigenvalue weighted by Crippen LogP contribution is -2.50. The van der Waals surface area contributed by atoms with Crippen molar-refractivity contribution in [2.24, 2.45) is 5.92 Å². The molecule has 1 saturated carbocycles. The minimum absolute atomic E-state index is 0.0107. The lowest BCUT2D eigenvalue weighted by atomic mass is 9.98. The normalized spacial score (nSPS) is 24.6. The van der Waals surface area contributed by atoms with Crippen LogP contribution in [0, 0.1) is 17.2 Å². The minimum atomic E-state index is -0.653. The van der Waals surface area contributed by atoms with Crippen LogP contribution in [-0.2, 0) is 4.79 Å². The summed E-state index contributed by atoms with van der Waals surface area (Å²) in [7, 11) is 0. The summed E-state index contributed by atoms with van der Waals surface area (Å²) in [5.74, 6) is 0.366. The molecule has 0 aromatic heterocycles. The van der Waals surface area contributed by atoms with Crippen LogP contribution in [0.15, 0.2) is 0 Å². The number of carbonyl (C=O) groups is 1. The van der Waals surface area contributed by atoms with E-state index >= 15 is 0 Å². The predicted octanol–water partition coefficient (Wildman–Crippen LogP) is 2.06. The van der Waals surface area contributed by atoms with Crippen LogP contribution >= 0.6 is 0 Å². The van der Waals surface area contributed by atoms with E-state index in [-0.39, 0.29) is 5.91 Å². The zero-order valence-corrected chi connectivity index (χ0v) is 12.0.